The van der Waals surface area contributed by atoms with Gasteiger partial charge >= 0.3 is 0 Å². The number of halogens is 2. The fourth-order valence-electron chi connectivity index (χ4n) is 0.878. The van der Waals surface area contributed by atoms with E-state index in [2.05, 4.69) is 41.6 Å². The molecule has 0 saturated carbocycles. The molecule has 0 spiro atoms. The zero-order chi connectivity index (χ0) is 7.28. The SMILES string of the molecule is Br.CCC(Br)N(CC)CC. The first-order valence-electron chi connectivity index (χ1n) is 3.64. The van der Waals surface area contributed by atoms with E-state index in [1.807, 2.05) is 0 Å². The van der Waals surface area contributed by atoms with E-state index in [1.54, 1.807) is 0 Å². The van der Waals surface area contributed by atoms with E-state index in [1.165, 1.54) is 6.42 Å². The molecule has 0 aromatic heterocycles. The van der Waals surface area contributed by atoms with Crippen LogP contribution in [0.15, 0.2) is 0 Å². The van der Waals surface area contributed by atoms with Gasteiger partial charge in [0.05, 0.1) is 4.95 Å². The summed E-state index contributed by atoms with van der Waals surface area (Å²) in [6.07, 6.45) is 1.18. The molecule has 10 heavy (non-hydrogen) atoms. The van der Waals surface area contributed by atoms with Crippen molar-refractivity contribution < 1.29 is 0 Å². The Hall–Kier alpha value is 0.920. The molecule has 0 radical (unpaired) electrons. The molecule has 0 heterocycles. The highest BCUT2D eigenvalue weighted by atomic mass is 79.9. The van der Waals surface area contributed by atoms with E-state index in [0.29, 0.717) is 4.95 Å². The predicted molar refractivity (Wildman–Crippen MR) is 56.2 cm³/mol. The third-order valence-electron chi connectivity index (χ3n) is 1.55. The highest BCUT2D eigenvalue weighted by Crippen LogP contribution is 2.09. The molecule has 0 aliphatic heterocycles. The Morgan fingerprint density at radius 3 is 1.70 bits per heavy atom. The van der Waals surface area contributed by atoms with Gasteiger partial charge in [-0.05, 0) is 19.5 Å². The summed E-state index contributed by atoms with van der Waals surface area (Å²) in [7, 11) is 0. The Balaban J connectivity index is 0. The van der Waals surface area contributed by atoms with Crippen LogP contribution in [0.25, 0.3) is 0 Å². The summed E-state index contributed by atoms with van der Waals surface area (Å²) < 4.78 is 0. The number of hydrogen-bond donors (Lipinski definition) is 0. The molecule has 64 valence electrons. The number of alkyl halides is 1. The molecule has 0 bridgehead atoms. The molecule has 0 amide bonds. The highest BCUT2D eigenvalue weighted by molar-refractivity contribution is 9.09. The first-order chi connectivity index (χ1) is 4.26. The molecule has 1 unspecified atom stereocenters. The van der Waals surface area contributed by atoms with Gasteiger partial charge in [-0.3, -0.25) is 4.90 Å². The average Bonchev–Trinajstić information content (AvgIpc) is 1.90. The lowest BCUT2D eigenvalue weighted by atomic mass is 10.4. The van der Waals surface area contributed by atoms with E-state index in [-0.39, 0.29) is 17.0 Å². The molecule has 0 fully saturated rings. The second-order valence-electron chi connectivity index (χ2n) is 2.06. The molecule has 1 atom stereocenters. The minimum Gasteiger partial charge on any atom is -0.292 e. The number of rotatable bonds is 4. The summed E-state index contributed by atoms with van der Waals surface area (Å²) in [6.45, 7) is 8.85. The van der Waals surface area contributed by atoms with Gasteiger partial charge in [0.2, 0.25) is 0 Å². The van der Waals surface area contributed by atoms with Crippen molar-refractivity contribution in [2.45, 2.75) is 32.1 Å². The molecule has 0 aromatic carbocycles. The van der Waals surface area contributed by atoms with Gasteiger partial charge in [0, 0.05) is 0 Å². The van der Waals surface area contributed by atoms with Crippen molar-refractivity contribution >= 4 is 32.9 Å². The molecule has 0 saturated heterocycles. The van der Waals surface area contributed by atoms with Crippen LogP contribution in [0.4, 0.5) is 0 Å². The summed E-state index contributed by atoms with van der Waals surface area (Å²) in [6, 6.07) is 0. The van der Waals surface area contributed by atoms with Crippen molar-refractivity contribution in [2.24, 2.45) is 0 Å². The number of nitrogens with zero attached hydrogens (tertiary/aromatic N) is 1. The van der Waals surface area contributed by atoms with Crippen molar-refractivity contribution in [3.8, 4) is 0 Å². The van der Waals surface area contributed by atoms with Crippen LogP contribution in [0.1, 0.15) is 27.2 Å². The van der Waals surface area contributed by atoms with Crippen LogP contribution in [0.5, 0.6) is 0 Å². The first-order valence-corrected chi connectivity index (χ1v) is 4.55. The average molecular weight is 275 g/mol. The molecular formula is C7H17Br2N. The van der Waals surface area contributed by atoms with Crippen molar-refractivity contribution in [1.82, 2.24) is 4.90 Å². The van der Waals surface area contributed by atoms with E-state index < -0.39 is 0 Å². The first kappa shape index (κ1) is 13.5. The summed E-state index contributed by atoms with van der Waals surface area (Å²) in [5.74, 6) is 0. The summed E-state index contributed by atoms with van der Waals surface area (Å²) in [4.78, 5) is 2.97. The lowest BCUT2D eigenvalue weighted by Crippen LogP contribution is -2.29. The van der Waals surface area contributed by atoms with Gasteiger partial charge in [-0.25, -0.2) is 0 Å². The van der Waals surface area contributed by atoms with E-state index >= 15 is 0 Å². The van der Waals surface area contributed by atoms with Crippen LogP contribution in [0.2, 0.25) is 0 Å². The third-order valence-corrected chi connectivity index (χ3v) is 2.77. The van der Waals surface area contributed by atoms with Gasteiger partial charge < -0.3 is 0 Å². The molecule has 3 heteroatoms. The van der Waals surface area contributed by atoms with Gasteiger partial charge in [0.1, 0.15) is 0 Å². The normalized spacial score (nSPS) is 12.9. The Morgan fingerprint density at radius 2 is 1.60 bits per heavy atom. The maximum absolute atomic E-state index is 3.59. The standard InChI is InChI=1S/C7H16BrN.BrH/c1-4-7(8)9(5-2)6-3;/h7H,4-6H2,1-3H3;1H. The van der Waals surface area contributed by atoms with Crippen molar-refractivity contribution in [2.75, 3.05) is 13.1 Å². The fourth-order valence-corrected chi connectivity index (χ4v) is 1.46. The van der Waals surface area contributed by atoms with Crippen LogP contribution in [-0.2, 0) is 0 Å². The lowest BCUT2D eigenvalue weighted by molar-refractivity contribution is 0.284. The van der Waals surface area contributed by atoms with Gasteiger partial charge in [-0.1, -0.05) is 36.7 Å². The maximum atomic E-state index is 3.59. The summed E-state index contributed by atoms with van der Waals surface area (Å²) in [5.41, 5.74) is 0. The smallest absolute Gasteiger partial charge is 0.0652 e. The molecule has 1 nitrogen and oxygen atoms in total. The zero-order valence-electron chi connectivity index (χ0n) is 6.93. The Morgan fingerprint density at radius 1 is 1.20 bits per heavy atom. The zero-order valence-corrected chi connectivity index (χ0v) is 10.2. The van der Waals surface area contributed by atoms with Crippen molar-refractivity contribution in [3.63, 3.8) is 0 Å². The van der Waals surface area contributed by atoms with Crippen molar-refractivity contribution in [3.05, 3.63) is 0 Å². The Labute approximate surface area is 83.1 Å². The Bertz CT molecular complexity index is 64.6. The molecule has 0 rings (SSSR count). The number of hydrogen-bond acceptors (Lipinski definition) is 1. The minimum absolute atomic E-state index is 0. The van der Waals surface area contributed by atoms with Crippen LogP contribution < -0.4 is 0 Å². The molecule has 0 aliphatic rings. The van der Waals surface area contributed by atoms with E-state index in [0.717, 1.165) is 13.1 Å². The van der Waals surface area contributed by atoms with Crippen LogP contribution >= 0.6 is 32.9 Å². The second-order valence-corrected chi connectivity index (χ2v) is 3.12. The largest absolute Gasteiger partial charge is 0.292 e. The predicted octanol–water partition coefficient (Wildman–Crippen LogP) is 3.04. The third kappa shape index (κ3) is 4.69. The summed E-state index contributed by atoms with van der Waals surface area (Å²) >= 11 is 3.59. The van der Waals surface area contributed by atoms with Crippen LogP contribution in [0, 0.1) is 0 Å². The quantitative estimate of drug-likeness (QED) is 0.563. The molecule has 0 aliphatic carbocycles. The van der Waals surface area contributed by atoms with E-state index in [4.69, 9.17) is 0 Å². The van der Waals surface area contributed by atoms with Crippen molar-refractivity contribution in [1.29, 1.82) is 0 Å². The molecule has 0 N–H and O–H groups in total. The maximum Gasteiger partial charge on any atom is 0.0652 e. The Kier molecular flexibility index (Phi) is 10.8. The fraction of sp³-hybridized carbons (Fsp3) is 1.00. The second kappa shape index (κ2) is 8.02. The van der Waals surface area contributed by atoms with Gasteiger partial charge in [0.25, 0.3) is 0 Å². The van der Waals surface area contributed by atoms with Gasteiger partial charge in [-0.2, -0.15) is 0 Å². The van der Waals surface area contributed by atoms with E-state index in [9.17, 15) is 0 Å². The van der Waals surface area contributed by atoms with Gasteiger partial charge in [-0.15, -0.1) is 17.0 Å². The van der Waals surface area contributed by atoms with Gasteiger partial charge in [0.15, 0.2) is 0 Å². The summed E-state index contributed by atoms with van der Waals surface area (Å²) in [5, 5.41) is 0. The highest BCUT2D eigenvalue weighted by Gasteiger charge is 2.07. The van der Waals surface area contributed by atoms with Crippen LogP contribution in [0.3, 0.4) is 0 Å². The monoisotopic (exact) mass is 273 g/mol. The lowest BCUT2D eigenvalue weighted by Gasteiger charge is -2.22. The van der Waals surface area contributed by atoms with Crippen LogP contribution in [-0.4, -0.2) is 22.9 Å². The molecule has 0 aromatic rings. The minimum atomic E-state index is 0. The topological polar surface area (TPSA) is 3.24 Å². The molecular weight excluding hydrogens is 258 g/mol.